The third kappa shape index (κ3) is 17.8. The molecule has 0 saturated carbocycles. The van der Waals surface area contributed by atoms with E-state index in [1.807, 2.05) is 6.92 Å². The minimum absolute atomic E-state index is 0.0446. The van der Waals surface area contributed by atoms with E-state index in [9.17, 15) is 28.8 Å². The summed E-state index contributed by atoms with van der Waals surface area (Å²) >= 11 is 0. The Morgan fingerprint density at radius 2 is 0.887 bits per heavy atom. The van der Waals surface area contributed by atoms with E-state index >= 15 is 0 Å². The summed E-state index contributed by atoms with van der Waals surface area (Å²) in [5, 5.41) is 0. The average molecular weight is 1020 g/mol. The van der Waals surface area contributed by atoms with Crippen molar-refractivity contribution in [2.24, 2.45) is 29.6 Å². The molecule has 408 valence electrons. The smallest absolute Gasteiger partial charge is 0.303 e. The van der Waals surface area contributed by atoms with E-state index in [0.717, 1.165) is 38.5 Å². The molecule has 8 unspecified atom stereocenters. The van der Waals surface area contributed by atoms with Gasteiger partial charge in [0, 0.05) is 65.9 Å². The molecular weight excluding hydrogens is 937 g/mol. The standard InChI is InChI=1S/C50H82O21/c1-14-16-17-18-19-20-21-57-48-45(27(4)26(3)37(15-2)65-48)71-70-44-30(7)40(24-60-33(10)53)67-50(47(44)64-36(13)56)69-43-29(6)39(23-59-32(9)52)66-49(46(43)63-35(12)55)68-42-28(5)38(22-58-31(8)51)61-25-41(42)62-34(11)54/h26-30,37-50H,14-25H2,1-13H3/t26-,27-,28+,29+,30+,37?,38?,39?,40?,41?,42-,43-,44-,45?,46?,47?,48-,49+,50+/m0/s1. The van der Waals surface area contributed by atoms with Crippen LogP contribution in [-0.4, -0.2) is 155 Å². The van der Waals surface area contributed by atoms with Crippen molar-refractivity contribution >= 4 is 35.8 Å². The highest BCUT2D eigenvalue weighted by molar-refractivity contribution is 5.67. The van der Waals surface area contributed by atoms with Crippen LogP contribution in [-0.2, 0) is 100 Å². The highest BCUT2D eigenvalue weighted by atomic mass is 17.2. The van der Waals surface area contributed by atoms with Crippen LogP contribution >= 0.6 is 0 Å². The molecule has 0 spiro atoms. The first-order chi connectivity index (χ1) is 33.7. The third-order valence-corrected chi connectivity index (χ3v) is 13.8. The lowest BCUT2D eigenvalue weighted by Gasteiger charge is -2.50. The second kappa shape index (κ2) is 29.4. The molecule has 19 atom stereocenters. The van der Waals surface area contributed by atoms with Crippen molar-refractivity contribution in [2.75, 3.05) is 33.0 Å². The summed E-state index contributed by atoms with van der Waals surface area (Å²) in [7, 11) is 0. The SMILES string of the molecule is CCCCCCCCO[C@H]1OC(CC)[C@@H](C)[C@H](C)C1OO[C@@H]1C(OC(C)=O)[C@@H](O[C@@H]2C(OC(C)=O)[C@@H](O[C@@H]3C(OC(C)=O)COC(COC(C)=O)[C@H]3C)OC(COC(C)=O)[C@H]2C)OC(COC(C)=O)[C@H]1C. The van der Waals surface area contributed by atoms with Gasteiger partial charge < -0.3 is 61.6 Å². The summed E-state index contributed by atoms with van der Waals surface area (Å²) in [6, 6.07) is 0. The Labute approximate surface area is 418 Å². The number of hydrogen-bond donors (Lipinski definition) is 0. The fourth-order valence-corrected chi connectivity index (χ4v) is 9.51. The zero-order valence-electron chi connectivity index (χ0n) is 44.0. The van der Waals surface area contributed by atoms with Crippen LogP contribution in [0.5, 0.6) is 0 Å². The molecule has 0 amide bonds. The molecule has 0 N–H and O–H groups in total. The van der Waals surface area contributed by atoms with Crippen molar-refractivity contribution in [1.82, 2.24) is 0 Å². The summed E-state index contributed by atoms with van der Waals surface area (Å²) in [5.74, 6) is -6.01. The Kier molecular flexibility index (Phi) is 24.8. The first kappa shape index (κ1) is 60.0. The quantitative estimate of drug-likeness (QED) is 0.0362. The van der Waals surface area contributed by atoms with Crippen LogP contribution in [0.25, 0.3) is 0 Å². The average Bonchev–Trinajstić information content (AvgIpc) is 3.29. The first-order valence-corrected chi connectivity index (χ1v) is 25.4. The van der Waals surface area contributed by atoms with Crippen molar-refractivity contribution in [3.8, 4) is 0 Å². The third-order valence-electron chi connectivity index (χ3n) is 13.8. The van der Waals surface area contributed by atoms with Gasteiger partial charge in [0.1, 0.15) is 56.4 Å². The van der Waals surface area contributed by atoms with Gasteiger partial charge in [-0.15, -0.1) is 0 Å². The van der Waals surface area contributed by atoms with Crippen LogP contribution in [0.15, 0.2) is 0 Å². The van der Waals surface area contributed by atoms with Gasteiger partial charge in [0.2, 0.25) is 0 Å². The zero-order valence-corrected chi connectivity index (χ0v) is 44.0. The highest BCUT2D eigenvalue weighted by Crippen LogP contribution is 2.41. The van der Waals surface area contributed by atoms with E-state index in [1.165, 1.54) is 48.0 Å². The number of ether oxygens (including phenoxy) is 13. The van der Waals surface area contributed by atoms with Gasteiger partial charge in [-0.3, -0.25) is 28.8 Å². The van der Waals surface area contributed by atoms with Crippen molar-refractivity contribution in [3.05, 3.63) is 0 Å². The monoisotopic (exact) mass is 1020 g/mol. The molecular formula is C50H82O21. The zero-order chi connectivity index (χ0) is 52.5. The van der Waals surface area contributed by atoms with Gasteiger partial charge in [-0.1, -0.05) is 80.6 Å². The van der Waals surface area contributed by atoms with Gasteiger partial charge in [-0.25, -0.2) is 9.78 Å². The van der Waals surface area contributed by atoms with Gasteiger partial charge in [0.05, 0.1) is 18.8 Å². The molecule has 21 heteroatoms. The van der Waals surface area contributed by atoms with Crippen LogP contribution in [0.3, 0.4) is 0 Å². The molecule has 4 aliphatic rings. The Morgan fingerprint density at radius 1 is 0.437 bits per heavy atom. The van der Waals surface area contributed by atoms with Crippen molar-refractivity contribution in [3.63, 3.8) is 0 Å². The van der Waals surface area contributed by atoms with Crippen LogP contribution in [0, 0.1) is 29.6 Å². The molecule has 0 aromatic rings. The van der Waals surface area contributed by atoms with Gasteiger partial charge in [-0.2, -0.15) is 0 Å². The van der Waals surface area contributed by atoms with E-state index < -0.39 is 133 Å². The Balaban J connectivity index is 1.74. The number of carbonyl (C=O) groups is 6. The van der Waals surface area contributed by atoms with Gasteiger partial charge in [0.25, 0.3) is 0 Å². The van der Waals surface area contributed by atoms with Crippen molar-refractivity contribution in [2.45, 2.75) is 221 Å². The Morgan fingerprint density at radius 3 is 1.41 bits per heavy atom. The summed E-state index contributed by atoms with van der Waals surface area (Å²) in [6.07, 6.45) is -7.30. The normalized spacial score (nSPS) is 36.2. The van der Waals surface area contributed by atoms with E-state index in [1.54, 1.807) is 20.8 Å². The number of hydrogen-bond acceptors (Lipinski definition) is 21. The predicted molar refractivity (Wildman–Crippen MR) is 247 cm³/mol. The lowest BCUT2D eigenvalue weighted by Crippen LogP contribution is -2.64. The van der Waals surface area contributed by atoms with Crippen LogP contribution in [0.4, 0.5) is 0 Å². The first-order valence-electron chi connectivity index (χ1n) is 25.4. The maximum absolute atomic E-state index is 13.1. The summed E-state index contributed by atoms with van der Waals surface area (Å²) < 4.78 is 79.1. The molecule has 4 rings (SSSR count). The van der Waals surface area contributed by atoms with Crippen LogP contribution < -0.4 is 0 Å². The number of rotatable bonds is 25. The molecule has 21 nitrogen and oxygen atoms in total. The lowest BCUT2D eigenvalue weighted by atomic mass is 9.82. The summed E-state index contributed by atoms with van der Waals surface area (Å²) in [6.45, 7) is 20.5. The van der Waals surface area contributed by atoms with E-state index in [4.69, 9.17) is 71.4 Å². The van der Waals surface area contributed by atoms with Gasteiger partial charge in [0.15, 0.2) is 37.2 Å². The molecule has 71 heavy (non-hydrogen) atoms. The predicted octanol–water partition coefficient (Wildman–Crippen LogP) is 5.47. The minimum Gasteiger partial charge on any atom is -0.463 e. The topological polar surface area (TPSA) is 241 Å². The molecule has 0 aliphatic carbocycles. The fourth-order valence-electron chi connectivity index (χ4n) is 9.51. The van der Waals surface area contributed by atoms with Crippen LogP contribution in [0.2, 0.25) is 0 Å². The molecule has 4 heterocycles. The molecule has 0 aromatic heterocycles. The van der Waals surface area contributed by atoms with Gasteiger partial charge in [-0.05, 0) is 24.7 Å². The highest BCUT2D eigenvalue weighted by Gasteiger charge is 2.56. The molecule has 0 aromatic carbocycles. The fraction of sp³-hybridized carbons (Fsp3) is 0.880. The van der Waals surface area contributed by atoms with Crippen LogP contribution in [0.1, 0.15) is 135 Å². The molecule has 0 radical (unpaired) electrons. The second-order valence-corrected chi connectivity index (χ2v) is 19.4. The summed E-state index contributed by atoms with van der Waals surface area (Å²) in [5.41, 5.74) is 0. The van der Waals surface area contributed by atoms with Gasteiger partial charge >= 0.3 is 35.8 Å². The lowest BCUT2D eigenvalue weighted by molar-refractivity contribution is -0.444. The molecule has 4 aliphatic heterocycles. The van der Waals surface area contributed by atoms with E-state index in [0.29, 0.717) is 6.61 Å². The Hall–Kier alpha value is -3.54. The maximum Gasteiger partial charge on any atom is 0.303 e. The second-order valence-electron chi connectivity index (χ2n) is 19.4. The minimum atomic E-state index is -1.53. The van der Waals surface area contributed by atoms with Crippen molar-refractivity contribution in [1.29, 1.82) is 0 Å². The number of unbranched alkanes of at least 4 members (excludes halogenated alkanes) is 5. The molecule has 4 fully saturated rings. The summed E-state index contributed by atoms with van der Waals surface area (Å²) in [4.78, 5) is 87.5. The molecule has 4 saturated heterocycles. The Bertz CT molecular complexity index is 1700. The maximum atomic E-state index is 13.1. The number of carbonyl (C=O) groups excluding carboxylic acids is 6. The van der Waals surface area contributed by atoms with Crippen molar-refractivity contribution < 1.29 is 100 Å². The van der Waals surface area contributed by atoms with E-state index in [2.05, 4.69) is 20.8 Å². The number of esters is 6. The largest absolute Gasteiger partial charge is 0.463 e. The molecule has 0 bridgehead atoms. The van der Waals surface area contributed by atoms with E-state index in [-0.39, 0.29) is 44.4 Å².